The summed E-state index contributed by atoms with van der Waals surface area (Å²) in [6, 6.07) is 40.6. The molecule has 14 heterocycles. The third-order valence-corrected chi connectivity index (χ3v) is 40.6. The van der Waals surface area contributed by atoms with Crippen molar-refractivity contribution in [1.29, 1.82) is 0 Å². The van der Waals surface area contributed by atoms with Crippen molar-refractivity contribution in [1.82, 2.24) is 19.6 Å². The van der Waals surface area contributed by atoms with Crippen LogP contribution < -0.4 is 0 Å². The van der Waals surface area contributed by atoms with Gasteiger partial charge in [0.05, 0.1) is 64.6 Å². The van der Waals surface area contributed by atoms with Crippen LogP contribution in [0.5, 0.6) is 0 Å². The van der Waals surface area contributed by atoms with E-state index in [1.165, 1.54) is 254 Å². The van der Waals surface area contributed by atoms with E-state index >= 15 is 19.2 Å². The molecule has 18 heteroatoms. The molecule has 4 atom stereocenters. The second kappa shape index (κ2) is 54.9. The second-order valence-corrected chi connectivity index (χ2v) is 49.9. The number of nitrogens with zero attached hydrogens (tertiary/aromatic N) is 4. The van der Waals surface area contributed by atoms with Crippen molar-refractivity contribution >= 4 is 165 Å². The van der Waals surface area contributed by atoms with E-state index in [2.05, 4.69) is 196 Å². The van der Waals surface area contributed by atoms with Gasteiger partial charge in [0.2, 0.25) is 0 Å². The highest BCUT2D eigenvalue weighted by atomic mass is 32.2. The van der Waals surface area contributed by atoms with Gasteiger partial charge in [-0.05, 0) is 190 Å². The molecule has 9 aromatic rings. The first-order valence-corrected chi connectivity index (χ1v) is 61.7. The fourth-order valence-electron chi connectivity index (χ4n) is 21.0. The maximum absolute atomic E-state index is 16.9. The lowest BCUT2D eigenvalue weighted by Crippen LogP contribution is -2.34. The lowest BCUT2D eigenvalue weighted by molar-refractivity contribution is -0.124. The molecular formula is C116H156N4O4S10. The standard InChI is InChI=1S/C116H156N4O4S10/c1-9-17-25-33-37-45-55-83(51-41-29-21-13-5)79-117-109(101-73-69-97(131-101)95-67-65-93(129-95)91-63-61-89(127-91)87-59-49-77-125-87)105-107(115(117)123)111(119(113(105)121)81-85(53-43-31-23-15-7)57-47-39-35-27-19-11-3)103-75-71-99(133-103)100-72-76-104(134-100)112-108-106(114(122)120(112)82-86(54-44-32-24-16-8)58-48-40-36-28-20-12-4)110(118(116(108)124)80-84(52-42-30-22-14-6)56-46-38-34-26-18-10-2)102-74-70-98(132-102)96-68-66-94(130-96)92-64-62-90(128-92)88-60-50-78-126-88/h49,59-77,83-86H,9-48,50-58,78-82H2,1-8H3. The van der Waals surface area contributed by atoms with Crippen LogP contribution >= 0.6 is 114 Å². The van der Waals surface area contributed by atoms with Gasteiger partial charge >= 0.3 is 0 Å². The summed E-state index contributed by atoms with van der Waals surface area (Å²) in [6.45, 7) is 20.7. The van der Waals surface area contributed by atoms with Crippen molar-refractivity contribution in [3.8, 4) is 58.5 Å². The molecule has 5 aliphatic rings. The monoisotopic (exact) mass is 1990 g/mol. The van der Waals surface area contributed by atoms with E-state index in [9.17, 15) is 0 Å². The lowest BCUT2D eigenvalue weighted by atomic mass is 9.93. The zero-order chi connectivity index (χ0) is 93.3. The van der Waals surface area contributed by atoms with Gasteiger partial charge in [-0.15, -0.1) is 114 Å². The number of amides is 4. The third kappa shape index (κ3) is 27.5. The summed E-state index contributed by atoms with van der Waals surface area (Å²) >= 11 is 18.1. The first kappa shape index (κ1) is 104. The van der Waals surface area contributed by atoms with Gasteiger partial charge in [-0.1, -0.05) is 324 Å². The predicted molar refractivity (Wildman–Crippen MR) is 593 cm³/mol. The van der Waals surface area contributed by atoms with Crippen molar-refractivity contribution in [2.45, 2.75) is 370 Å². The molecule has 724 valence electrons. The maximum atomic E-state index is 16.9. The molecule has 134 heavy (non-hydrogen) atoms. The molecule has 0 saturated carbocycles. The first-order chi connectivity index (χ1) is 65.9. The fourth-order valence-corrected chi connectivity index (χ4v) is 31.7. The molecule has 0 spiro atoms. The minimum atomic E-state index is -0.0269. The van der Waals surface area contributed by atoms with Crippen molar-refractivity contribution in [2.75, 3.05) is 31.9 Å². The Morgan fingerprint density at radius 3 is 0.642 bits per heavy atom. The number of carbonyl (C=O) groups excluding carboxylic acids is 4. The zero-order valence-corrected chi connectivity index (χ0v) is 90.7. The summed E-state index contributed by atoms with van der Waals surface area (Å²) < 4.78 is 0. The zero-order valence-electron chi connectivity index (χ0n) is 82.5. The molecule has 0 saturated heterocycles. The Bertz CT molecular complexity index is 5300. The highest BCUT2D eigenvalue weighted by Crippen LogP contribution is 2.56. The van der Waals surface area contributed by atoms with Crippen LogP contribution in [0.15, 0.2) is 143 Å². The van der Waals surface area contributed by atoms with Gasteiger partial charge in [-0.25, -0.2) is 0 Å². The lowest BCUT2D eigenvalue weighted by Gasteiger charge is -2.29. The second-order valence-electron chi connectivity index (χ2n) is 39.1. The summed E-state index contributed by atoms with van der Waals surface area (Å²) in [5.74, 6) is 2.15. The molecule has 0 fully saturated rings. The summed E-state index contributed by atoms with van der Waals surface area (Å²) in [5, 5.41) is 2.16. The number of thioether (sulfide) groups is 1. The molecule has 0 N–H and O–H groups in total. The molecule has 0 bridgehead atoms. The van der Waals surface area contributed by atoms with Crippen LogP contribution in [0.25, 0.3) is 86.2 Å². The molecule has 0 aromatic carbocycles. The van der Waals surface area contributed by atoms with Crippen molar-refractivity contribution in [2.24, 2.45) is 23.7 Å². The Hall–Kier alpha value is -5.77. The van der Waals surface area contributed by atoms with E-state index in [0.717, 1.165) is 177 Å². The van der Waals surface area contributed by atoms with Gasteiger partial charge in [0, 0.05) is 100 Å². The third-order valence-electron chi connectivity index (χ3n) is 28.6. The Labute approximate surface area is 847 Å². The average Bonchev–Trinajstić information content (AvgIpc) is 1.55. The summed E-state index contributed by atoms with van der Waals surface area (Å²) in [6.07, 6.45) is 60.0. The maximum Gasteiger partial charge on any atom is 0.261 e. The van der Waals surface area contributed by atoms with Crippen LogP contribution in [0.4, 0.5) is 0 Å². The predicted octanol–water partition coefficient (Wildman–Crippen LogP) is 38.7. The van der Waals surface area contributed by atoms with E-state index in [4.69, 9.17) is 0 Å². The van der Waals surface area contributed by atoms with Gasteiger partial charge in [-0.2, -0.15) is 0 Å². The minimum absolute atomic E-state index is 0.0240. The number of hydrogen-bond acceptors (Lipinski definition) is 14. The van der Waals surface area contributed by atoms with Crippen LogP contribution in [-0.4, -0.2) is 75.2 Å². The molecule has 8 nitrogen and oxygen atoms in total. The van der Waals surface area contributed by atoms with E-state index in [0.29, 0.717) is 48.5 Å². The van der Waals surface area contributed by atoms with Crippen LogP contribution in [-0.2, 0) is 19.2 Å². The quantitative estimate of drug-likeness (QED) is 0.0355. The highest BCUT2D eigenvalue weighted by Gasteiger charge is 2.53. The fraction of sp³-hybridized carbons (Fsp3) is 0.569. The Morgan fingerprint density at radius 2 is 0.425 bits per heavy atom. The summed E-state index contributed by atoms with van der Waals surface area (Å²) in [7, 11) is 0. The molecule has 9 aromatic heterocycles. The van der Waals surface area contributed by atoms with Crippen LogP contribution in [0.2, 0.25) is 0 Å². The molecular weight excluding hydrogens is 1830 g/mol. The summed E-state index contributed by atoms with van der Waals surface area (Å²) in [4.78, 5) is 97.4. The van der Waals surface area contributed by atoms with Crippen molar-refractivity contribution < 1.29 is 19.2 Å². The van der Waals surface area contributed by atoms with E-state index in [1.807, 2.05) is 57.1 Å². The number of rotatable bonds is 67. The number of fused-ring (bicyclic) bond motifs is 2. The Kier molecular flexibility index (Phi) is 42.6. The Balaban J connectivity index is 0.891. The molecule has 0 aliphatic carbocycles. The average molecular weight is 1990 g/mol. The topological polar surface area (TPSA) is 81.2 Å². The largest absolute Gasteiger partial charge is 0.306 e. The smallest absolute Gasteiger partial charge is 0.261 e. The number of unbranched alkanes of at least 4 members (excludes halogenated alkanes) is 32. The van der Waals surface area contributed by atoms with Crippen molar-refractivity contribution in [3.05, 3.63) is 167 Å². The molecule has 4 unspecified atom stereocenters. The van der Waals surface area contributed by atoms with Gasteiger partial charge in [0.15, 0.2) is 0 Å². The van der Waals surface area contributed by atoms with Gasteiger partial charge in [0.25, 0.3) is 23.6 Å². The number of allylic oxidation sites excluding steroid dienone is 1. The van der Waals surface area contributed by atoms with Crippen LogP contribution in [0, 0.1) is 23.7 Å². The van der Waals surface area contributed by atoms with Crippen LogP contribution in [0.1, 0.15) is 394 Å². The molecule has 14 rings (SSSR count). The Morgan fingerprint density at radius 1 is 0.231 bits per heavy atom. The highest BCUT2D eigenvalue weighted by molar-refractivity contribution is 8.08. The normalized spacial score (nSPS) is 15.7. The summed E-state index contributed by atoms with van der Waals surface area (Å²) in [5.41, 5.74) is 5.56. The number of hydrogen-bond donors (Lipinski definition) is 0. The van der Waals surface area contributed by atoms with Gasteiger partial charge < -0.3 is 19.6 Å². The number of carbonyl (C=O) groups is 4. The minimum Gasteiger partial charge on any atom is -0.306 e. The molecule has 5 aliphatic heterocycles. The molecule has 0 radical (unpaired) electrons. The van der Waals surface area contributed by atoms with Crippen LogP contribution in [0.3, 0.4) is 0 Å². The van der Waals surface area contributed by atoms with Gasteiger partial charge in [-0.3, -0.25) is 19.2 Å². The van der Waals surface area contributed by atoms with Gasteiger partial charge in [0.1, 0.15) is 0 Å². The molecule has 4 amide bonds. The number of thiophene rings is 9. The van der Waals surface area contributed by atoms with E-state index in [1.54, 1.807) is 56.7 Å². The van der Waals surface area contributed by atoms with E-state index < -0.39 is 0 Å². The first-order valence-electron chi connectivity index (χ1n) is 53.3. The van der Waals surface area contributed by atoms with E-state index in [-0.39, 0.29) is 47.3 Å². The SMILES string of the molecule is CCCCCCCCC(CCCCCC)CN1C(=O)C2=C(c3ccc(-c4ccc(-c5ccc(C6=CCCS6)s5)s4)s3)N(CC(CCCCCC)CCCCCCCC)C(=O)C2=C1c1ccc(-c2ccc(C3=C4C(=O)N(CC(CCCCCC)CCCCCCCC)C(c5ccc(-c6ccc(-c7ccc(-c8cccs8)s7)s6)s5)=C4C(=O)N3CC(CCCCCC)CCCCCCCC)s2)s1. The van der Waals surface area contributed by atoms with Crippen molar-refractivity contribution in [3.63, 3.8) is 0 Å².